The summed E-state index contributed by atoms with van der Waals surface area (Å²) in [5.41, 5.74) is 1.34. The Morgan fingerprint density at radius 2 is 1.75 bits per heavy atom. The molecule has 0 heterocycles. The first kappa shape index (κ1) is 12.9. The van der Waals surface area contributed by atoms with Gasteiger partial charge in [0.05, 0.1) is 0 Å². The molecule has 0 saturated carbocycles. The van der Waals surface area contributed by atoms with Crippen molar-refractivity contribution in [2.24, 2.45) is 0 Å². The summed E-state index contributed by atoms with van der Waals surface area (Å²) in [6.07, 6.45) is 4.25. The minimum atomic E-state index is 0.954. The molecule has 0 aliphatic heterocycles. The Bertz CT molecular complexity index is 269. The third-order valence-electron chi connectivity index (χ3n) is 2.41. The molecule has 0 aromatic heterocycles. The summed E-state index contributed by atoms with van der Waals surface area (Å²) >= 11 is 0. The van der Waals surface area contributed by atoms with Crippen molar-refractivity contribution in [1.29, 1.82) is 0 Å². The van der Waals surface area contributed by atoms with E-state index in [1.165, 1.54) is 12.0 Å². The molecule has 0 bridgehead atoms. The molecule has 0 spiro atoms. The Labute approximate surface area is 98.8 Å². The van der Waals surface area contributed by atoms with Crippen LogP contribution in [0, 0.1) is 0 Å². The SMILES string of the molecule is C=CCCCNCCNCc1ccccc1. The average molecular weight is 218 g/mol. The van der Waals surface area contributed by atoms with Crippen LogP contribution in [-0.2, 0) is 6.54 Å². The van der Waals surface area contributed by atoms with Crippen LogP contribution in [0.5, 0.6) is 0 Å². The third-order valence-corrected chi connectivity index (χ3v) is 2.41. The topological polar surface area (TPSA) is 24.1 Å². The van der Waals surface area contributed by atoms with E-state index in [0.717, 1.165) is 32.6 Å². The zero-order valence-electron chi connectivity index (χ0n) is 9.91. The van der Waals surface area contributed by atoms with Crippen LogP contribution in [0.2, 0.25) is 0 Å². The Balaban J connectivity index is 1.90. The molecule has 88 valence electrons. The van der Waals surface area contributed by atoms with Crippen molar-refractivity contribution < 1.29 is 0 Å². The van der Waals surface area contributed by atoms with Gasteiger partial charge in [0.1, 0.15) is 0 Å². The lowest BCUT2D eigenvalue weighted by atomic mass is 10.2. The van der Waals surface area contributed by atoms with E-state index in [0.29, 0.717) is 0 Å². The van der Waals surface area contributed by atoms with Gasteiger partial charge in [-0.15, -0.1) is 6.58 Å². The zero-order chi connectivity index (χ0) is 11.5. The van der Waals surface area contributed by atoms with Crippen LogP contribution in [0.1, 0.15) is 18.4 Å². The first-order chi connectivity index (χ1) is 7.93. The van der Waals surface area contributed by atoms with E-state index >= 15 is 0 Å². The predicted octanol–water partition coefficient (Wildman–Crippen LogP) is 2.33. The van der Waals surface area contributed by atoms with Crippen LogP contribution >= 0.6 is 0 Å². The molecule has 2 nitrogen and oxygen atoms in total. The molecule has 1 rings (SSSR count). The van der Waals surface area contributed by atoms with Crippen molar-refractivity contribution in [3.05, 3.63) is 48.6 Å². The highest BCUT2D eigenvalue weighted by molar-refractivity contribution is 5.14. The molecule has 0 unspecified atom stereocenters. The number of rotatable bonds is 9. The second-order valence-electron chi connectivity index (χ2n) is 3.84. The van der Waals surface area contributed by atoms with Crippen LogP contribution in [0.4, 0.5) is 0 Å². The van der Waals surface area contributed by atoms with E-state index in [1.54, 1.807) is 0 Å². The molecule has 0 saturated heterocycles. The summed E-state index contributed by atoms with van der Waals surface area (Å²) in [7, 11) is 0. The maximum absolute atomic E-state index is 3.70. The molecule has 0 atom stereocenters. The Morgan fingerprint density at radius 1 is 1.00 bits per heavy atom. The lowest BCUT2D eigenvalue weighted by Crippen LogP contribution is -2.27. The number of unbranched alkanes of at least 4 members (excludes halogenated alkanes) is 1. The Hall–Kier alpha value is -1.12. The van der Waals surface area contributed by atoms with E-state index in [1.807, 2.05) is 12.1 Å². The maximum Gasteiger partial charge on any atom is 0.0206 e. The largest absolute Gasteiger partial charge is 0.315 e. The number of hydrogen-bond acceptors (Lipinski definition) is 2. The van der Waals surface area contributed by atoms with Gasteiger partial charge in [-0.2, -0.15) is 0 Å². The van der Waals surface area contributed by atoms with Gasteiger partial charge >= 0.3 is 0 Å². The fourth-order valence-electron chi connectivity index (χ4n) is 1.50. The van der Waals surface area contributed by atoms with Crippen molar-refractivity contribution >= 4 is 0 Å². The molecule has 1 aromatic rings. The molecule has 0 aliphatic rings. The zero-order valence-corrected chi connectivity index (χ0v) is 9.91. The summed E-state index contributed by atoms with van der Waals surface area (Å²) in [6.45, 7) is 7.79. The molecule has 0 radical (unpaired) electrons. The number of hydrogen-bond donors (Lipinski definition) is 2. The van der Waals surface area contributed by atoms with Crippen molar-refractivity contribution in [3.63, 3.8) is 0 Å². The molecule has 16 heavy (non-hydrogen) atoms. The highest BCUT2D eigenvalue weighted by Gasteiger charge is 1.90. The second-order valence-corrected chi connectivity index (χ2v) is 3.84. The predicted molar refractivity (Wildman–Crippen MR) is 70.4 cm³/mol. The molecule has 0 aliphatic carbocycles. The lowest BCUT2D eigenvalue weighted by molar-refractivity contribution is 0.599. The van der Waals surface area contributed by atoms with E-state index in [4.69, 9.17) is 0 Å². The molecule has 0 amide bonds. The first-order valence-electron chi connectivity index (χ1n) is 5.99. The molecule has 1 aromatic carbocycles. The van der Waals surface area contributed by atoms with E-state index < -0.39 is 0 Å². The van der Waals surface area contributed by atoms with Gasteiger partial charge in [-0.1, -0.05) is 36.4 Å². The molecule has 2 N–H and O–H groups in total. The Kier molecular flexibility index (Phi) is 7.39. The van der Waals surface area contributed by atoms with Gasteiger partial charge in [0.25, 0.3) is 0 Å². The number of allylic oxidation sites excluding steroid dienone is 1. The fourth-order valence-corrected chi connectivity index (χ4v) is 1.50. The summed E-state index contributed by atoms with van der Waals surface area (Å²) in [5.74, 6) is 0. The molecular weight excluding hydrogens is 196 g/mol. The third kappa shape index (κ3) is 6.38. The maximum atomic E-state index is 3.70. The highest BCUT2D eigenvalue weighted by atomic mass is 14.9. The van der Waals surface area contributed by atoms with Crippen LogP contribution in [0.3, 0.4) is 0 Å². The highest BCUT2D eigenvalue weighted by Crippen LogP contribution is 1.96. The lowest BCUT2D eigenvalue weighted by Gasteiger charge is -2.06. The van der Waals surface area contributed by atoms with Gasteiger partial charge in [0, 0.05) is 19.6 Å². The smallest absolute Gasteiger partial charge is 0.0206 e. The van der Waals surface area contributed by atoms with E-state index in [-0.39, 0.29) is 0 Å². The summed E-state index contributed by atoms with van der Waals surface area (Å²) in [4.78, 5) is 0. The van der Waals surface area contributed by atoms with Gasteiger partial charge in [-0.05, 0) is 24.9 Å². The minimum absolute atomic E-state index is 0.954. The van der Waals surface area contributed by atoms with Gasteiger partial charge in [-0.3, -0.25) is 0 Å². The second kappa shape index (κ2) is 9.13. The van der Waals surface area contributed by atoms with Crippen LogP contribution in [0.25, 0.3) is 0 Å². The van der Waals surface area contributed by atoms with Crippen LogP contribution in [0.15, 0.2) is 43.0 Å². The minimum Gasteiger partial charge on any atom is -0.315 e. The van der Waals surface area contributed by atoms with Gasteiger partial charge in [0.15, 0.2) is 0 Å². The number of benzene rings is 1. The normalized spacial score (nSPS) is 10.2. The standard InChI is InChI=1S/C14H22N2/c1-2-3-7-10-15-11-12-16-13-14-8-5-4-6-9-14/h2,4-6,8-9,15-16H,1,3,7,10-13H2. The van der Waals surface area contributed by atoms with Crippen molar-refractivity contribution in [3.8, 4) is 0 Å². The summed E-state index contributed by atoms with van der Waals surface area (Å²) < 4.78 is 0. The fraction of sp³-hybridized carbons (Fsp3) is 0.429. The average Bonchev–Trinajstić information content (AvgIpc) is 2.34. The van der Waals surface area contributed by atoms with Crippen LogP contribution < -0.4 is 10.6 Å². The van der Waals surface area contributed by atoms with Gasteiger partial charge in [-0.25, -0.2) is 0 Å². The molecule has 2 heteroatoms. The monoisotopic (exact) mass is 218 g/mol. The van der Waals surface area contributed by atoms with Gasteiger partial charge in [0.2, 0.25) is 0 Å². The quantitative estimate of drug-likeness (QED) is 0.491. The van der Waals surface area contributed by atoms with Gasteiger partial charge < -0.3 is 10.6 Å². The van der Waals surface area contributed by atoms with Crippen molar-refractivity contribution in [2.75, 3.05) is 19.6 Å². The number of nitrogens with one attached hydrogen (secondary N) is 2. The molecular formula is C14H22N2. The summed E-state index contributed by atoms with van der Waals surface area (Å²) in [6, 6.07) is 10.5. The van der Waals surface area contributed by atoms with Crippen molar-refractivity contribution in [2.45, 2.75) is 19.4 Å². The summed E-state index contributed by atoms with van der Waals surface area (Å²) in [5, 5.41) is 6.81. The molecule has 0 fully saturated rings. The first-order valence-corrected chi connectivity index (χ1v) is 5.99. The van der Waals surface area contributed by atoms with E-state index in [2.05, 4.69) is 41.5 Å². The Morgan fingerprint density at radius 3 is 2.50 bits per heavy atom. The van der Waals surface area contributed by atoms with E-state index in [9.17, 15) is 0 Å². The van der Waals surface area contributed by atoms with Crippen molar-refractivity contribution in [1.82, 2.24) is 10.6 Å². The van der Waals surface area contributed by atoms with Crippen LogP contribution in [-0.4, -0.2) is 19.6 Å².